The first-order valence-electron chi connectivity index (χ1n) is 8.39. The number of para-hydroxylation sites is 1. The van der Waals surface area contributed by atoms with E-state index in [0.29, 0.717) is 0 Å². The summed E-state index contributed by atoms with van der Waals surface area (Å²) >= 11 is 0. The smallest absolute Gasteiger partial charge is 0.142 e. The maximum atomic E-state index is 4.81. The summed E-state index contributed by atoms with van der Waals surface area (Å²) in [6.45, 7) is 4.61. The molecule has 0 bridgehead atoms. The Labute approximate surface area is 136 Å². The Morgan fingerprint density at radius 1 is 0.913 bits per heavy atom. The van der Waals surface area contributed by atoms with Crippen molar-refractivity contribution in [3.05, 3.63) is 54.7 Å². The van der Waals surface area contributed by atoms with Crippen LogP contribution in [0.3, 0.4) is 0 Å². The summed E-state index contributed by atoms with van der Waals surface area (Å²) in [7, 11) is 0. The van der Waals surface area contributed by atoms with Crippen molar-refractivity contribution in [1.82, 2.24) is 14.5 Å². The number of nitrogens with zero attached hydrogens (tertiary/aromatic N) is 3. The molecule has 1 saturated heterocycles. The molecule has 2 aromatic heterocycles. The summed E-state index contributed by atoms with van der Waals surface area (Å²) in [5.74, 6) is 0.893. The van der Waals surface area contributed by atoms with Crippen molar-refractivity contribution in [1.29, 1.82) is 0 Å². The second-order valence-electron chi connectivity index (χ2n) is 6.16. The SMILES string of the molecule is c1ccc(Nc2ccc3ccn(CCN4CCCC4)c3n2)cc1. The summed E-state index contributed by atoms with van der Waals surface area (Å²) in [5.41, 5.74) is 2.12. The molecule has 4 nitrogen and oxygen atoms in total. The zero-order valence-electron chi connectivity index (χ0n) is 13.3. The summed E-state index contributed by atoms with van der Waals surface area (Å²) in [4.78, 5) is 7.35. The second kappa shape index (κ2) is 6.42. The number of nitrogens with one attached hydrogen (secondary N) is 1. The van der Waals surface area contributed by atoms with Gasteiger partial charge in [-0.3, -0.25) is 0 Å². The van der Waals surface area contributed by atoms with E-state index in [4.69, 9.17) is 4.98 Å². The molecule has 1 N–H and O–H groups in total. The molecule has 4 heteroatoms. The van der Waals surface area contributed by atoms with Crippen LogP contribution in [-0.2, 0) is 6.54 Å². The van der Waals surface area contributed by atoms with E-state index in [0.717, 1.165) is 30.2 Å². The van der Waals surface area contributed by atoms with Crippen LogP contribution in [0.5, 0.6) is 0 Å². The molecule has 1 aliphatic rings. The quantitative estimate of drug-likeness (QED) is 0.776. The molecule has 0 atom stereocenters. The van der Waals surface area contributed by atoms with Gasteiger partial charge in [0, 0.05) is 30.4 Å². The van der Waals surface area contributed by atoms with Gasteiger partial charge in [0.25, 0.3) is 0 Å². The van der Waals surface area contributed by atoms with Crippen molar-refractivity contribution in [3.8, 4) is 0 Å². The van der Waals surface area contributed by atoms with Crippen LogP contribution in [0.25, 0.3) is 11.0 Å². The van der Waals surface area contributed by atoms with Crippen LogP contribution in [-0.4, -0.2) is 34.1 Å². The summed E-state index contributed by atoms with van der Waals surface area (Å²) in [6, 6.07) is 16.5. The number of anilines is 2. The lowest BCUT2D eigenvalue weighted by Gasteiger charge is -2.15. The van der Waals surface area contributed by atoms with Gasteiger partial charge in [0.2, 0.25) is 0 Å². The predicted octanol–water partition coefficient (Wildman–Crippen LogP) is 3.88. The van der Waals surface area contributed by atoms with Gasteiger partial charge in [-0.1, -0.05) is 18.2 Å². The molecule has 3 aromatic rings. The van der Waals surface area contributed by atoms with Crippen LogP contribution >= 0.6 is 0 Å². The Kier molecular flexibility index (Phi) is 3.99. The van der Waals surface area contributed by atoms with E-state index in [2.05, 4.69) is 45.2 Å². The Bertz CT molecular complexity index is 772. The van der Waals surface area contributed by atoms with E-state index in [1.807, 2.05) is 24.3 Å². The fourth-order valence-corrected chi connectivity index (χ4v) is 3.23. The Balaban J connectivity index is 1.53. The minimum Gasteiger partial charge on any atom is -0.340 e. The predicted molar refractivity (Wildman–Crippen MR) is 95.1 cm³/mol. The van der Waals surface area contributed by atoms with Crippen molar-refractivity contribution >= 4 is 22.5 Å². The van der Waals surface area contributed by atoms with Gasteiger partial charge < -0.3 is 14.8 Å². The summed E-state index contributed by atoms with van der Waals surface area (Å²) in [5, 5.41) is 4.57. The van der Waals surface area contributed by atoms with Crippen LogP contribution in [0.4, 0.5) is 11.5 Å². The Morgan fingerprint density at radius 2 is 1.74 bits per heavy atom. The molecular formula is C19H22N4. The van der Waals surface area contributed by atoms with E-state index >= 15 is 0 Å². The minimum absolute atomic E-state index is 0.893. The number of benzene rings is 1. The highest BCUT2D eigenvalue weighted by atomic mass is 15.2. The van der Waals surface area contributed by atoms with E-state index in [1.54, 1.807) is 0 Å². The van der Waals surface area contributed by atoms with E-state index < -0.39 is 0 Å². The standard InChI is InChI=1S/C19H22N4/c1-2-6-17(7-3-1)20-18-9-8-16-10-13-23(19(16)21-18)15-14-22-11-4-5-12-22/h1-3,6-10,13H,4-5,11-12,14-15H2,(H,20,21). The lowest BCUT2D eigenvalue weighted by molar-refractivity contribution is 0.324. The van der Waals surface area contributed by atoms with Crippen molar-refractivity contribution in [2.75, 3.05) is 25.0 Å². The van der Waals surface area contributed by atoms with Crippen molar-refractivity contribution in [3.63, 3.8) is 0 Å². The maximum absolute atomic E-state index is 4.81. The number of pyridine rings is 1. The Hall–Kier alpha value is -2.33. The van der Waals surface area contributed by atoms with Gasteiger partial charge in [-0.2, -0.15) is 0 Å². The third kappa shape index (κ3) is 3.22. The number of hydrogen-bond donors (Lipinski definition) is 1. The molecule has 1 aliphatic heterocycles. The monoisotopic (exact) mass is 306 g/mol. The van der Waals surface area contributed by atoms with Crippen LogP contribution in [0, 0.1) is 0 Å². The topological polar surface area (TPSA) is 33.1 Å². The Morgan fingerprint density at radius 3 is 2.57 bits per heavy atom. The van der Waals surface area contributed by atoms with E-state index in [9.17, 15) is 0 Å². The summed E-state index contributed by atoms with van der Waals surface area (Å²) in [6.07, 6.45) is 4.84. The highest BCUT2D eigenvalue weighted by Crippen LogP contribution is 2.20. The molecule has 1 fully saturated rings. The molecule has 118 valence electrons. The average Bonchev–Trinajstić information content (AvgIpc) is 3.23. The van der Waals surface area contributed by atoms with Crippen molar-refractivity contribution in [2.24, 2.45) is 0 Å². The number of aromatic nitrogens is 2. The van der Waals surface area contributed by atoms with Gasteiger partial charge in [0.05, 0.1) is 0 Å². The van der Waals surface area contributed by atoms with Gasteiger partial charge >= 0.3 is 0 Å². The molecule has 0 unspecified atom stereocenters. The minimum atomic E-state index is 0.893. The van der Waals surface area contributed by atoms with Crippen molar-refractivity contribution in [2.45, 2.75) is 19.4 Å². The first kappa shape index (κ1) is 14.3. The zero-order chi connectivity index (χ0) is 15.5. The van der Waals surface area contributed by atoms with Crippen molar-refractivity contribution < 1.29 is 0 Å². The molecule has 23 heavy (non-hydrogen) atoms. The fourth-order valence-electron chi connectivity index (χ4n) is 3.23. The normalized spacial score (nSPS) is 15.3. The lowest BCUT2D eigenvalue weighted by atomic mass is 10.3. The largest absolute Gasteiger partial charge is 0.340 e. The average molecular weight is 306 g/mol. The van der Waals surface area contributed by atoms with Crippen LogP contribution < -0.4 is 5.32 Å². The highest BCUT2D eigenvalue weighted by molar-refractivity contribution is 5.78. The van der Waals surface area contributed by atoms with E-state index in [1.165, 1.54) is 31.3 Å². The molecule has 4 rings (SSSR count). The number of hydrogen-bond acceptors (Lipinski definition) is 3. The van der Waals surface area contributed by atoms with E-state index in [-0.39, 0.29) is 0 Å². The highest BCUT2D eigenvalue weighted by Gasteiger charge is 2.12. The number of likely N-dealkylation sites (tertiary alicyclic amines) is 1. The molecule has 0 aliphatic carbocycles. The maximum Gasteiger partial charge on any atom is 0.142 e. The first-order valence-corrected chi connectivity index (χ1v) is 8.39. The second-order valence-corrected chi connectivity index (χ2v) is 6.16. The molecule has 0 saturated carbocycles. The lowest BCUT2D eigenvalue weighted by Crippen LogP contribution is -2.23. The van der Waals surface area contributed by atoms with Crippen LogP contribution in [0.15, 0.2) is 54.7 Å². The van der Waals surface area contributed by atoms with Gasteiger partial charge in [0.15, 0.2) is 0 Å². The van der Waals surface area contributed by atoms with Crippen LogP contribution in [0.1, 0.15) is 12.8 Å². The zero-order valence-corrected chi connectivity index (χ0v) is 13.3. The molecule has 0 spiro atoms. The van der Waals surface area contributed by atoms with Gasteiger partial charge in [-0.05, 0) is 56.3 Å². The molecule has 0 radical (unpaired) electrons. The van der Waals surface area contributed by atoms with Gasteiger partial charge in [-0.15, -0.1) is 0 Å². The third-order valence-corrected chi connectivity index (χ3v) is 4.51. The van der Waals surface area contributed by atoms with Gasteiger partial charge in [0.1, 0.15) is 11.5 Å². The third-order valence-electron chi connectivity index (χ3n) is 4.51. The molecule has 0 amide bonds. The van der Waals surface area contributed by atoms with Gasteiger partial charge in [-0.25, -0.2) is 4.98 Å². The molecular weight excluding hydrogens is 284 g/mol. The number of rotatable bonds is 5. The fraction of sp³-hybridized carbons (Fsp3) is 0.316. The summed E-state index contributed by atoms with van der Waals surface area (Å²) < 4.78 is 2.27. The molecule has 3 heterocycles. The van der Waals surface area contributed by atoms with Crippen LogP contribution in [0.2, 0.25) is 0 Å². The molecule has 1 aromatic carbocycles. The first-order chi connectivity index (χ1) is 11.4. The number of fused-ring (bicyclic) bond motifs is 1.